The molecule has 2 aromatic heterocycles. The molecule has 1 N–H and O–H groups in total. The highest BCUT2D eigenvalue weighted by molar-refractivity contribution is 5.77. The molecule has 3 rings (SSSR count). The molecule has 0 spiro atoms. The van der Waals surface area contributed by atoms with Gasteiger partial charge in [0, 0.05) is 23.7 Å². The van der Waals surface area contributed by atoms with Crippen molar-refractivity contribution in [1.82, 2.24) is 10.3 Å². The van der Waals surface area contributed by atoms with Crippen molar-refractivity contribution >= 4 is 11.0 Å². The summed E-state index contributed by atoms with van der Waals surface area (Å²) in [4.78, 5) is 4.10. The molecule has 21 heavy (non-hydrogen) atoms. The Balaban J connectivity index is 1.97. The standard InChI is InChI=1S/C18H20N2O/c1-3-20-18(13(2)14-8-10-19-11-9-14)17-12-15-6-4-5-7-16(15)21-17/h4-13,18,20H,3H2,1-2H3. The molecule has 0 aliphatic heterocycles. The summed E-state index contributed by atoms with van der Waals surface area (Å²) in [6.07, 6.45) is 3.68. The Labute approximate surface area is 125 Å². The lowest BCUT2D eigenvalue weighted by atomic mass is 9.92. The molecule has 0 saturated carbocycles. The molecule has 0 amide bonds. The second-order valence-corrected chi connectivity index (χ2v) is 5.29. The van der Waals surface area contributed by atoms with Crippen LogP contribution in [0.3, 0.4) is 0 Å². The molecule has 2 atom stereocenters. The number of nitrogens with one attached hydrogen (secondary N) is 1. The van der Waals surface area contributed by atoms with E-state index in [1.165, 1.54) is 5.56 Å². The van der Waals surface area contributed by atoms with Gasteiger partial charge in [-0.25, -0.2) is 0 Å². The first-order chi connectivity index (χ1) is 10.3. The van der Waals surface area contributed by atoms with Crippen LogP contribution in [-0.2, 0) is 0 Å². The summed E-state index contributed by atoms with van der Waals surface area (Å²) in [7, 11) is 0. The van der Waals surface area contributed by atoms with Gasteiger partial charge in [-0.05, 0) is 36.4 Å². The number of hydrogen-bond acceptors (Lipinski definition) is 3. The Morgan fingerprint density at radius 2 is 1.90 bits per heavy atom. The number of benzene rings is 1. The fraction of sp³-hybridized carbons (Fsp3) is 0.278. The summed E-state index contributed by atoms with van der Waals surface area (Å²) < 4.78 is 6.05. The van der Waals surface area contributed by atoms with Crippen LogP contribution in [0.25, 0.3) is 11.0 Å². The zero-order valence-corrected chi connectivity index (χ0v) is 12.4. The third-order valence-electron chi connectivity index (χ3n) is 3.91. The van der Waals surface area contributed by atoms with Crippen molar-refractivity contribution in [3.8, 4) is 0 Å². The van der Waals surface area contributed by atoms with Gasteiger partial charge in [0.05, 0.1) is 6.04 Å². The Bertz CT molecular complexity index is 672. The van der Waals surface area contributed by atoms with Crippen LogP contribution in [0.4, 0.5) is 0 Å². The Hall–Kier alpha value is -2.13. The van der Waals surface area contributed by atoms with Crippen LogP contribution < -0.4 is 5.32 Å². The maximum atomic E-state index is 6.05. The van der Waals surface area contributed by atoms with Gasteiger partial charge in [0.15, 0.2) is 0 Å². The lowest BCUT2D eigenvalue weighted by Gasteiger charge is -2.23. The van der Waals surface area contributed by atoms with Gasteiger partial charge < -0.3 is 9.73 Å². The van der Waals surface area contributed by atoms with E-state index in [9.17, 15) is 0 Å². The lowest BCUT2D eigenvalue weighted by molar-refractivity contribution is 0.395. The predicted molar refractivity (Wildman–Crippen MR) is 85.3 cm³/mol. The Morgan fingerprint density at radius 1 is 1.14 bits per heavy atom. The highest BCUT2D eigenvalue weighted by Crippen LogP contribution is 2.33. The van der Waals surface area contributed by atoms with Crippen LogP contribution in [0.2, 0.25) is 0 Å². The molecule has 3 heteroatoms. The van der Waals surface area contributed by atoms with Gasteiger partial charge in [0.1, 0.15) is 11.3 Å². The topological polar surface area (TPSA) is 38.1 Å². The smallest absolute Gasteiger partial charge is 0.134 e. The van der Waals surface area contributed by atoms with Crippen molar-refractivity contribution in [2.45, 2.75) is 25.8 Å². The molecule has 0 aliphatic carbocycles. The summed E-state index contributed by atoms with van der Waals surface area (Å²) in [5, 5.41) is 4.69. The second-order valence-electron chi connectivity index (χ2n) is 5.29. The highest BCUT2D eigenvalue weighted by Gasteiger charge is 2.23. The van der Waals surface area contributed by atoms with Crippen LogP contribution in [-0.4, -0.2) is 11.5 Å². The monoisotopic (exact) mass is 280 g/mol. The van der Waals surface area contributed by atoms with E-state index in [4.69, 9.17) is 4.42 Å². The maximum absolute atomic E-state index is 6.05. The SMILES string of the molecule is CCNC(c1cc2ccccc2o1)C(C)c1ccncc1. The quantitative estimate of drug-likeness (QED) is 0.758. The molecule has 0 aliphatic rings. The molecular weight excluding hydrogens is 260 g/mol. The molecule has 1 aromatic carbocycles. The van der Waals surface area contributed by atoms with Crippen molar-refractivity contribution in [2.24, 2.45) is 0 Å². The number of furan rings is 1. The van der Waals surface area contributed by atoms with E-state index in [1.807, 2.05) is 30.6 Å². The number of fused-ring (bicyclic) bond motifs is 1. The van der Waals surface area contributed by atoms with Gasteiger partial charge in [0.25, 0.3) is 0 Å². The second kappa shape index (κ2) is 6.10. The number of rotatable bonds is 5. The van der Waals surface area contributed by atoms with Gasteiger partial charge in [0.2, 0.25) is 0 Å². The van der Waals surface area contributed by atoms with Crippen molar-refractivity contribution in [1.29, 1.82) is 0 Å². The zero-order chi connectivity index (χ0) is 14.7. The molecule has 2 heterocycles. The Morgan fingerprint density at radius 3 is 2.62 bits per heavy atom. The minimum absolute atomic E-state index is 0.157. The first kappa shape index (κ1) is 13.8. The summed E-state index contributed by atoms with van der Waals surface area (Å²) >= 11 is 0. The number of pyridine rings is 1. The van der Waals surface area contributed by atoms with Gasteiger partial charge >= 0.3 is 0 Å². The number of likely N-dealkylation sites (N-methyl/N-ethyl adjacent to an activating group) is 1. The van der Waals surface area contributed by atoms with E-state index in [2.05, 4.69) is 48.4 Å². The van der Waals surface area contributed by atoms with Crippen molar-refractivity contribution in [3.63, 3.8) is 0 Å². The van der Waals surface area contributed by atoms with Crippen molar-refractivity contribution in [2.75, 3.05) is 6.54 Å². The third-order valence-corrected chi connectivity index (χ3v) is 3.91. The van der Waals surface area contributed by atoms with Gasteiger partial charge in [-0.2, -0.15) is 0 Å². The highest BCUT2D eigenvalue weighted by atomic mass is 16.3. The van der Waals surface area contributed by atoms with Crippen LogP contribution in [0.15, 0.2) is 59.3 Å². The van der Waals surface area contributed by atoms with Crippen molar-refractivity contribution < 1.29 is 4.42 Å². The molecule has 0 fully saturated rings. The van der Waals surface area contributed by atoms with Gasteiger partial charge in [-0.15, -0.1) is 0 Å². The van der Waals surface area contributed by atoms with Crippen molar-refractivity contribution in [3.05, 3.63) is 66.2 Å². The average Bonchev–Trinajstić information content (AvgIpc) is 2.96. The molecule has 2 unspecified atom stereocenters. The van der Waals surface area contributed by atoms with E-state index in [1.54, 1.807) is 0 Å². The van der Waals surface area contributed by atoms with E-state index >= 15 is 0 Å². The minimum Gasteiger partial charge on any atom is -0.459 e. The first-order valence-electron chi connectivity index (χ1n) is 7.41. The van der Waals surface area contributed by atoms with Crippen LogP contribution >= 0.6 is 0 Å². The van der Waals surface area contributed by atoms with E-state index in [0.29, 0.717) is 5.92 Å². The zero-order valence-electron chi connectivity index (χ0n) is 12.4. The van der Waals surface area contributed by atoms with Gasteiger partial charge in [-0.3, -0.25) is 4.98 Å². The van der Waals surface area contributed by atoms with Crippen LogP contribution in [0, 0.1) is 0 Å². The van der Waals surface area contributed by atoms with E-state index < -0.39 is 0 Å². The van der Waals surface area contributed by atoms with E-state index in [0.717, 1.165) is 23.3 Å². The third kappa shape index (κ3) is 2.83. The molecule has 3 nitrogen and oxygen atoms in total. The van der Waals surface area contributed by atoms with Gasteiger partial charge in [-0.1, -0.05) is 32.0 Å². The summed E-state index contributed by atoms with van der Waals surface area (Å²) in [5.74, 6) is 1.30. The number of nitrogens with zero attached hydrogens (tertiary/aromatic N) is 1. The van der Waals surface area contributed by atoms with E-state index in [-0.39, 0.29) is 6.04 Å². The first-order valence-corrected chi connectivity index (χ1v) is 7.41. The average molecular weight is 280 g/mol. The summed E-state index contributed by atoms with van der Waals surface area (Å²) in [5.41, 5.74) is 2.20. The lowest BCUT2D eigenvalue weighted by Crippen LogP contribution is -2.25. The summed E-state index contributed by atoms with van der Waals surface area (Å²) in [6, 6.07) is 14.6. The maximum Gasteiger partial charge on any atom is 0.134 e. The van der Waals surface area contributed by atoms with Crippen LogP contribution in [0.5, 0.6) is 0 Å². The molecular formula is C18H20N2O. The molecule has 3 aromatic rings. The largest absolute Gasteiger partial charge is 0.459 e. The molecule has 0 bridgehead atoms. The van der Waals surface area contributed by atoms with Crippen LogP contribution in [0.1, 0.15) is 37.1 Å². The fourth-order valence-electron chi connectivity index (χ4n) is 2.76. The number of para-hydroxylation sites is 1. The molecule has 0 saturated heterocycles. The molecule has 108 valence electrons. The number of aromatic nitrogens is 1. The molecule has 0 radical (unpaired) electrons. The number of hydrogen-bond donors (Lipinski definition) is 1. The Kier molecular flexibility index (Phi) is 4.02. The predicted octanol–water partition coefficient (Wildman–Crippen LogP) is 4.28. The normalized spacial score (nSPS) is 14.2. The fourth-order valence-corrected chi connectivity index (χ4v) is 2.76. The minimum atomic E-state index is 0.157. The summed E-state index contributed by atoms with van der Waals surface area (Å²) in [6.45, 7) is 5.24.